The predicted molar refractivity (Wildman–Crippen MR) is 73.5 cm³/mol. The van der Waals surface area contributed by atoms with Crippen LogP contribution in [0.2, 0.25) is 0 Å². The first kappa shape index (κ1) is 14.0. The van der Waals surface area contributed by atoms with Crippen molar-refractivity contribution in [1.29, 1.82) is 0 Å². The molecule has 2 rings (SSSR count). The average Bonchev–Trinajstić information content (AvgIpc) is 2.40. The predicted octanol–water partition coefficient (Wildman–Crippen LogP) is 2.48. The van der Waals surface area contributed by atoms with E-state index in [1.807, 2.05) is 13.8 Å². The van der Waals surface area contributed by atoms with E-state index in [9.17, 15) is 9.18 Å². The molecule has 19 heavy (non-hydrogen) atoms. The van der Waals surface area contributed by atoms with Crippen molar-refractivity contribution in [3.8, 4) is 0 Å². The van der Waals surface area contributed by atoms with E-state index >= 15 is 0 Å². The van der Waals surface area contributed by atoms with Gasteiger partial charge in [0.15, 0.2) is 0 Å². The summed E-state index contributed by atoms with van der Waals surface area (Å²) in [5.41, 5.74) is 7.00. The minimum Gasteiger partial charge on any atom is -0.334 e. The number of halogens is 1. The van der Waals surface area contributed by atoms with E-state index in [0.717, 1.165) is 24.8 Å². The van der Waals surface area contributed by atoms with E-state index in [4.69, 9.17) is 5.73 Å². The van der Waals surface area contributed by atoms with Crippen molar-refractivity contribution in [3.63, 3.8) is 0 Å². The van der Waals surface area contributed by atoms with Crippen LogP contribution >= 0.6 is 0 Å². The van der Waals surface area contributed by atoms with Crippen molar-refractivity contribution in [3.05, 3.63) is 35.1 Å². The Kier molecular flexibility index (Phi) is 4.20. The largest absolute Gasteiger partial charge is 0.334 e. The fraction of sp³-hybridized carbons (Fsp3) is 0.533. The third kappa shape index (κ3) is 2.95. The molecule has 0 saturated carbocycles. The zero-order valence-electron chi connectivity index (χ0n) is 11.5. The lowest BCUT2D eigenvalue weighted by Crippen LogP contribution is -2.51. The highest BCUT2D eigenvalue weighted by molar-refractivity contribution is 5.95. The number of carbonyl (C=O) groups excluding carboxylic acids is 1. The van der Waals surface area contributed by atoms with Gasteiger partial charge in [0.1, 0.15) is 5.82 Å². The second-order valence-corrected chi connectivity index (χ2v) is 5.40. The summed E-state index contributed by atoms with van der Waals surface area (Å²) >= 11 is 0. The Morgan fingerprint density at radius 3 is 2.89 bits per heavy atom. The maximum Gasteiger partial charge on any atom is 0.257 e. The molecular weight excluding hydrogens is 243 g/mol. The Morgan fingerprint density at radius 1 is 1.47 bits per heavy atom. The van der Waals surface area contributed by atoms with Crippen LogP contribution in [0.5, 0.6) is 0 Å². The van der Waals surface area contributed by atoms with Crippen molar-refractivity contribution >= 4 is 5.91 Å². The second-order valence-electron chi connectivity index (χ2n) is 5.40. The van der Waals surface area contributed by atoms with E-state index < -0.39 is 5.82 Å². The van der Waals surface area contributed by atoms with Crippen molar-refractivity contribution in [1.82, 2.24) is 4.90 Å². The molecule has 1 aliphatic rings. The molecule has 1 aromatic rings. The summed E-state index contributed by atoms with van der Waals surface area (Å²) in [6.07, 6.45) is 2.94. The van der Waals surface area contributed by atoms with Gasteiger partial charge in [-0.1, -0.05) is 11.6 Å². The summed E-state index contributed by atoms with van der Waals surface area (Å²) < 4.78 is 13.8. The normalized spacial score (nSPS) is 21.3. The molecule has 2 atom stereocenters. The van der Waals surface area contributed by atoms with E-state index in [0.29, 0.717) is 6.54 Å². The molecule has 0 aromatic heterocycles. The van der Waals surface area contributed by atoms with Crippen LogP contribution in [0, 0.1) is 12.7 Å². The van der Waals surface area contributed by atoms with Crippen molar-refractivity contribution < 1.29 is 9.18 Å². The van der Waals surface area contributed by atoms with Crippen LogP contribution in [0.4, 0.5) is 4.39 Å². The average molecular weight is 264 g/mol. The van der Waals surface area contributed by atoms with Gasteiger partial charge in [-0.3, -0.25) is 4.79 Å². The smallest absolute Gasteiger partial charge is 0.257 e. The van der Waals surface area contributed by atoms with Crippen molar-refractivity contribution in [2.24, 2.45) is 5.73 Å². The lowest BCUT2D eigenvalue weighted by molar-refractivity contribution is 0.0579. The molecule has 1 aromatic carbocycles. The van der Waals surface area contributed by atoms with Gasteiger partial charge in [0.05, 0.1) is 5.56 Å². The minimum absolute atomic E-state index is 0.0150. The number of nitrogens with zero attached hydrogens (tertiary/aromatic N) is 1. The molecule has 3 nitrogen and oxygen atoms in total. The Labute approximate surface area is 113 Å². The van der Waals surface area contributed by atoms with E-state index in [1.54, 1.807) is 17.0 Å². The highest BCUT2D eigenvalue weighted by Crippen LogP contribution is 2.22. The zero-order valence-corrected chi connectivity index (χ0v) is 11.5. The lowest BCUT2D eigenvalue weighted by atomic mass is 9.95. The van der Waals surface area contributed by atoms with Gasteiger partial charge in [0.25, 0.3) is 5.91 Å². The molecule has 1 amide bonds. The molecule has 1 fully saturated rings. The summed E-state index contributed by atoms with van der Waals surface area (Å²) in [4.78, 5) is 14.3. The monoisotopic (exact) mass is 264 g/mol. The highest BCUT2D eigenvalue weighted by Gasteiger charge is 2.30. The van der Waals surface area contributed by atoms with Gasteiger partial charge >= 0.3 is 0 Å². The fourth-order valence-electron chi connectivity index (χ4n) is 2.71. The van der Waals surface area contributed by atoms with Crippen LogP contribution in [-0.2, 0) is 0 Å². The molecule has 104 valence electrons. The number of piperidine rings is 1. The molecule has 0 radical (unpaired) electrons. The van der Waals surface area contributed by atoms with Crippen molar-refractivity contribution in [2.75, 3.05) is 6.54 Å². The third-order valence-corrected chi connectivity index (χ3v) is 3.77. The van der Waals surface area contributed by atoms with E-state index in [-0.39, 0.29) is 23.6 Å². The highest BCUT2D eigenvalue weighted by atomic mass is 19.1. The van der Waals surface area contributed by atoms with Crippen LogP contribution in [0.25, 0.3) is 0 Å². The first-order valence-electron chi connectivity index (χ1n) is 6.83. The number of carbonyl (C=O) groups is 1. The first-order valence-corrected chi connectivity index (χ1v) is 6.83. The Hall–Kier alpha value is -1.42. The standard InChI is InChI=1S/C15H21FN2O/c1-10-6-7-13(16)12(9-10)15(19)18-8-4-3-5-14(18)11(2)17/h6-7,9,11,14H,3-5,8,17H2,1-2H3/t11-,14+/m0/s1. The number of aryl methyl sites for hydroxylation is 1. The molecule has 0 spiro atoms. The molecule has 4 heteroatoms. The number of hydrogen-bond acceptors (Lipinski definition) is 2. The zero-order chi connectivity index (χ0) is 14.0. The van der Waals surface area contributed by atoms with Gasteiger partial charge in [-0.05, 0) is 45.2 Å². The van der Waals surface area contributed by atoms with Gasteiger partial charge in [-0.2, -0.15) is 0 Å². The molecule has 0 bridgehead atoms. The summed E-state index contributed by atoms with van der Waals surface area (Å²) in [5, 5.41) is 0. The molecule has 1 heterocycles. The maximum absolute atomic E-state index is 13.8. The number of amides is 1. The molecule has 0 unspecified atom stereocenters. The summed E-state index contributed by atoms with van der Waals surface area (Å²) in [5.74, 6) is -0.687. The van der Waals surface area contributed by atoms with Gasteiger partial charge in [-0.15, -0.1) is 0 Å². The van der Waals surface area contributed by atoms with E-state index in [2.05, 4.69) is 0 Å². The first-order chi connectivity index (χ1) is 9.00. The van der Waals surface area contributed by atoms with Gasteiger partial charge in [-0.25, -0.2) is 4.39 Å². The Bertz CT molecular complexity index is 473. The maximum atomic E-state index is 13.8. The van der Waals surface area contributed by atoms with Gasteiger partial charge in [0.2, 0.25) is 0 Å². The number of hydrogen-bond donors (Lipinski definition) is 1. The van der Waals surface area contributed by atoms with Crippen LogP contribution in [-0.4, -0.2) is 29.4 Å². The molecule has 2 N–H and O–H groups in total. The molecular formula is C15H21FN2O. The summed E-state index contributed by atoms with van der Waals surface area (Å²) in [7, 11) is 0. The Balaban J connectivity index is 2.28. The molecule has 1 aliphatic heterocycles. The third-order valence-electron chi connectivity index (χ3n) is 3.77. The fourth-order valence-corrected chi connectivity index (χ4v) is 2.71. The number of nitrogens with two attached hydrogens (primary N) is 1. The van der Waals surface area contributed by atoms with Crippen LogP contribution in [0.15, 0.2) is 18.2 Å². The SMILES string of the molecule is Cc1ccc(F)c(C(=O)N2CCCC[C@@H]2[C@H](C)N)c1. The number of likely N-dealkylation sites (tertiary alicyclic amines) is 1. The summed E-state index contributed by atoms with van der Waals surface area (Å²) in [6.45, 7) is 4.43. The number of rotatable bonds is 2. The molecule has 0 aliphatic carbocycles. The topological polar surface area (TPSA) is 46.3 Å². The van der Waals surface area contributed by atoms with Crippen LogP contribution in [0.3, 0.4) is 0 Å². The van der Waals surface area contributed by atoms with Crippen molar-refractivity contribution in [2.45, 2.75) is 45.2 Å². The van der Waals surface area contributed by atoms with Crippen LogP contribution < -0.4 is 5.73 Å². The van der Waals surface area contributed by atoms with Gasteiger partial charge < -0.3 is 10.6 Å². The minimum atomic E-state index is -0.454. The second kappa shape index (κ2) is 5.70. The molecule has 1 saturated heterocycles. The van der Waals surface area contributed by atoms with E-state index in [1.165, 1.54) is 6.07 Å². The quantitative estimate of drug-likeness (QED) is 0.892. The van der Waals surface area contributed by atoms with Gasteiger partial charge in [0, 0.05) is 18.6 Å². The lowest BCUT2D eigenvalue weighted by Gasteiger charge is -2.38. The number of benzene rings is 1. The Morgan fingerprint density at radius 2 is 2.21 bits per heavy atom. The van der Waals surface area contributed by atoms with Crippen LogP contribution in [0.1, 0.15) is 42.1 Å². The summed E-state index contributed by atoms with van der Waals surface area (Å²) in [6, 6.07) is 4.57.